The minimum absolute atomic E-state index is 0.373. The van der Waals surface area contributed by atoms with Gasteiger partial charge in [-0.15, -0.1) is 0 Å². The Morgan fingerprint density at radius 3 is 2.68 bits per heavy atom. The Morgan fingerprint density at radius 1 is 1.42 bits per heavy atom. The number of carbonyl (C=O) groups is 1. The van der Waals surface area contributed by atoms with Gasteiger partial charge in [-0.05, 0) is 59.0 Å². The van der Waals surface area contributed by atoms with Crippen molar-refractivity contribution in [3.05, 3.63) is 0 Å². The zero-order chi connectivity index (χ0) is 14.3. The van der Waals surface area contributed by atoms with Crippen LogP contribution in [0.25, 0.3) is 0 Å². The van der Waals surface area contributed by atoms with Gasteiger partial charge in [-0.3, -0.25) is 0 Å². The molecule has 5 heteroatoms. The van der Waals surface area contributed by atoms with Crippen LogP contribution < -0.4 is 5.32 Å². The average molecular weight is 272 g/mol. The highest BCUT2D eigenvalue weighted by molar-refractivity contribution is 5.65. The van der Waals surface area contributed by atoms with Gasteiger partial charge < -0.3 is 20.1 Å². The third-order valence-electron chi connectivity index (χ3n) is 3.57. The fraction of sp³-hybridized carbons (Fsp3) is 0.929. The molecule has 1 fully saturated rings. The maximum Gasteiger partial charge on any atom is 0.407 e. The van der Waals surface area contributed by atoms with Gasteiger partial charge in [-0.2, -0.15) is 0 Å². The third kappa shape index (κ3) is 6.25. The van der Waals surface area contributed by atoms with Gasteiger partial charge in [0, 0.05) is 18.7 Å². The molecule has 0 saturated carbocycles. The SMILES string of the molecule is CC(C)(C)N(CCOCCC1CCCNC1)C(=O)O. The summed E-state index contributed by atoms with van der Waals surface area (Å²) >= 11 is 0. The maximum absolute atomic E-state index is 11.1. The first kappa shape index (κ1) is 16.2. The molecule has 0 bridgehead atoms. The Kier molecular flexibility index (Phi) is 6.58. The number of piperidine rings is 1. The van der Waals surface area contributed by atoms with E-state index in [1.807, 2.05) is 20.8 Å². The van der Waals surface area contributed by atoms with Crippen LogP contribution in [0.15, 0.2) is 0 Å². The lowest BCUT2D eigenvalue weighted by Crippen LogP contribution is -2.46. The van der Waals surface area contributed by atoms with Gasteiger partial charge in [-0.1, -0.05) is 0 Å². The van der Waals surface area contributed by atoms with E-state index < -0.39 is 6.09 Å². The number of rotatable bonds is 6. The molecule has 1 aliphatic heterocycles. The van der Waals surface area contributed by atoms with Crippen molar-refractivity contribution in [2.24, 2.45) is 5.92 Å². The van der Waals surface area contributed by atoms with Crippen molar-refractivity contribution in [2.45, 2.75) is 45.6 Å². The summed E-state index contributed by atoms with van der Waals surface area (Å²) in [4.78, 5) is 12.5. The minimum Gasteiger partial charge on any atom is -0.465 e. The van der Waals surface area contributed by atoms with Gasteiger partial charge >= 0.3 is 6.09 Å². The molecule has 5 nitrogen and oxygen atoms in total. The van der Waals surface area contributed by atoms with E-state index in [0.717, 1.165) is 26.1 Å². The molecule has 1 saturated heterocycles. The number of amides is 1. The standard InChI is InChI=1S/C14H28N2O3/c1-14(2,3)16(13(17)18)8-10-19-9-6-12-5-4-7-15-11-12/h12,15H,4-11H2,1-3H3,(H,17,18). The first-order chi connectivity index (χ1) is 8.91. The molecule has 1 aliphatic rings. The molecule has 0 aliphatic carbocycles. The summed E-state index contributed by atoms with van der Waals surface area (Å²) < 4.78 is 5.58. The first-order valence-corrected chi connectivity index (χ1v) is 7.20. The lowest BCUT2D eigenvalue weighted by atomic mass is 9.97. The summed E-state index contributed by atoms with van der Waals surface area (Å²) in [5, 5.41) is 12.5. The van der Waals surface area contributed by atoms with Crippen LogP contribution in [-0.4, -0.2) is 54.5 Å². The van der Waals surface area contributed by atoms with Crippen LogP contribution in [0.3, 0.4) is 0 Å². The highest BCUT2D eigenvalue weighted by Gasteiger charge is 2.25. The lowest BCUT2D eigenvalue weighted by molar-refractivity contribution is 0.0561. The van der Waals surface area contributed by atoms with E-state index in [1.165, 1.54) is 17.7 Å². The monoisotopic (exact) mass is 272 g/mol. The van der Waals surface area contributed by atoms with Crippen LogP contribution >= 0.6 is 0 Å². The zero-order valence-corrected chi connectivity index (χ0v) is 12.4. The first-order valence-electron chi connectivity index (χ1n) is 7.20. The van der Waals surface area contributed by atoms with Gasteiger partial charge in [0.15, 0.2) is 0 Å². The maximum atomic E-state index is 11.1. The van der Waals surface area contributed by atoms with Crippen LogP contribution in [-0.2, 0) is 4.74 Å². The number of nitrogens with one attached hydrogen (secondary N) is 1. The Bertz CT molecular complexity index is 270. The van der Waals surface area contributed by atoms with E-state index >= 15 is 0 Å². The lowest BCUT2D eigenvalue weighted by Gasteiger charge is -2.33. The highest BCUT2D eigenvalue weighted by Crippen LogP contribution is 2.15. The second-order valence-corrected chi connectivity index (χ2v) is 6.22. The predicted molar refractivity (Wildman–Crippen MR) is 75.5 cm³/mol. The largest absolute Gasteiger partial charge is 0.465 e. The molecular formula is C14H28N2O3. The van der Waals surface area contributed by atoms with Crippen molar-refractivity contribution in [3.63, 3.8) is 0 Å². The van der Waals surface area contributed by atoms with Crippen LogP contribution in [0, 0.1) is 5.92 Å². The second kappa shape index (κ2) is 7.70. The number of carboxylic acid groups (broad SMARTS) is 1. The summed E-state index contributed by atoms with van der Waals surface area (Å²) in [5.74, 6) is 0.715. The molecule has 112 valence electrons. The van der Waals surface area contributed by atoms with E-state index in [1.54, 1.807) is 0 Å². The summed E-state index contributed by atoms with van der Waals surface area (Å²) in [6, 6.07) is 0. The Hall–Kier alpha value is -0.810. The van der Waals surface area contributed by atoms with E-state index in [2.05, 4.69) is 5.32 Å². The van der Waals surface area contributed by atoms with Crippen LogP contribution in [0.5, 0.6) is 0 Å². The average Bonchev–Trinajstić information content (AvgIpc) is 2.32. The Morgan fingerprint density at radius 2 is 2.16 bits per heavy atom. The Labute approximate surface area is 116 Å². The molecule has 1 unspecified atom stereocenters. The van der Waals surface area contributed by atoms with Crippen LogP contribution in [0.4, 0.5) is 4.79 Å². The van der Waals surface area contributed by atoms with Gasteiger partial charge in [0.05, 0.1) is 6.61 Å². The fourth-order valence-corrected chi connectivity index (χ4v) is 2.40. The molecule has 1 rings (SSSR count). The number of nitrogens with zero attached hydrogens (tertiary/aromatic N) is 1. The van der Waals surface area contributed by atoms with Crippen LogP contribution in [0.1, 0.15) is 40.0 Å². The van der Waals surface area contributed by atoms with Gasteiger partial charge in [0.2, 0.25) is 0 Å². The molecule has 1 atom stereocenters. The molecule has 1 heterocycles. The molecule has 19 heavy (non-hydrogen) atoms. The number of hydrogen-bond acceptors (Lipinski definition) is 3. The van der Waals surface area contributed by atoms with Gasteiger partial charge in [-0.25, -0.2) is 4.79 Å². The smallest absolute Gasteiger partial charge is 0.407 e. The second-order valence-electron chi connectivity index (χ2n) is 6.22. The minimum atomic E-state index is -0.882. The summed E-state index contributed by atoms with van der Waals surface area (Å²) in [7, 11) is 0. The number of hydrogen-bond donors (Lipinski definition) is 2. The van der Waals surface area contributed by atoms with Crippen molar-refractivity contribution < 1.29 is 14.6 Å². The van der Waals surface area contributed by atoms with E-state index in [-0.39, 0.29) is 5.54 Å². The fourth-order valence-electron chi connectivity index (χ4n) is 2.40. The van der Waals surface area contributed by atoms with E-state index in [0.29, 0.717) is 19.1 Å². The summed E-state index contributed by atoms with van der Waals surface area (Å²) in [6.07, 6.45) is 2.71. The van der Waals surface area contributed by atoms with Gasteiger partial charge in [0.1, 0.15) is 0 Å². The van der Waals surface area contributed by atoms with Gasteiger partial charge in [0.25, 0.3) is 0 Å². The normalized spacial score (nSPS) is 20.3. The predicted octanol–water partition coefficient (Wildman–Crippen LogP) is 2.17. The zero-order valence-electron chi connectivity index (χ0n) is 12.4. The van der Waals surface area contributed by atoms with Crippen molar-refractivity contribution in [3.8, 4) is 0 Å². The highest BCUT2D eigenvalue weighted by atomic mass is 16.5. The quantitative estimate of drug-likeness (QED) is 0.727. The van der Waals surface area contributed by atoms with E-state index in [9.17, 15) is 4.79 Å². The number of ether oxygens (including phenoxy) is 1. The van der Waals surface area contributed by atoms with Crippen molar-refractivity contribution in [1.82, 2.24) is 10.2 Å². The molecule has 2 N–H and O–H groups in total. The molecular weight excluding hydrogens is 244 g/mol. The molecule has 0 aromatic heterocycles. The third-order valence-corrected chi connectivity index (χ3v) is 3.57. The van der Waals surface area contributed by atoms with E-state index in [4.69, 9.17) is 9.84 Å². The van der Waals surface area contributed by atoms with Crippen molar-refractivity contribution in [1.29, 1.82) is 0 Å². The molecule has 0 spiro atoms. The molecule has 0 aromatic rings. The topological polar surface area (TPSA) is 61.8 Å². The summed E-state index contributed by atoms with van der Waals surface area (Å²) in [6.45, 7) is 9.55. The Balaban J connectivity index is 2.13. The van der Waals surface area contributed by atoms with Crippen LogP contribution in [0.2, 0.25) is 0 Å². The van der Waals surface area contributed by atoms with Crippen molar-refractivity contribution >= 4 is 6.09 Å². The van der Waals surface area contributed by atoms with Crippen molar-refractivity contribution in [2.75, 3.05) is 32.8 Å². The molecule has 0 radical (unpaired) electrons. The molecule has 0 aromatic carbocycles. The summed E-state index contributed by atoms with van der Waals surface area (Å²) in [5.41, 5.74) is -0.373. The molecule has 1 amide bonds.